The van der Waals surface area contributed by atoms with Gasteiger partial charge < -0.3 is 29.2 Å². The zero-order valence-electron chi connectivity index (χ0n) is 26.3. The molecule has 2 bridgehead atoms. The summed E-state index contributed by atoms with van der Waals surface area (Å²) in [4.78, 5) is 51.4. The second-order valence-corrected chi connectivity index (χ2v) is 14.9. The lowest BCUT2D eigenvalue weighted by atomic mass is 9.85. The second-order valence-electron chi connectivity index (χ2n) is 14.9. The van der Waals surface area contributed by atoms with Crippen LogP contribution in [0.5, 0.6) is 11.6 Å². The lowest BCUT2D eigenvalue weighted by Crippen LogP contribution is -2.56. The van der Waals surface area contributed by atoms with Crippen LogP contribution >= 0.6 is 0 Å². The standard InChI is InChI=1S/C34H44N4O6/c1-17-26(16-39)38-15-28(17)43-31-29(35-24-10-9-20(42-5)14-25(24)36-31)23-11-18(23)7-6-8-21-22-12-19(22)13-27(21)44-33(41)37-30(32(38)40)34(2,3)4/h9-10,14,16-19,21-23,26-28,30H,6-8,11-13,15H2,1-5H3,(H,37,41)/t17-,18?,19?,21+,22?,23?,26+,27+,28-,30+/m0/s1. The molecule has 5 aliphatic rings. The van der Waals surface area contributed by atoms with E-state index in [0.717, 1.165) is 49.6 Å². The first kappa shape index (κ1) is 29.3. The van der Waals surface area contributed by atoms with Gasteiger partial charge >= 0.3 is 6.09 Å². The van der Waals surface area contributed by atoms with E-state index in [2.05, 4.69) is 5.32 Å². The van der Waals surface area contributed by atoms with Gasteiger partial charge in [0, 0.05) is 17.9 Å². The quantitative estimate of drug-likeness (QED) is 0.482. The van der Waals surface area contributed by atoms with Crippen molar-refractivity contribution in [1.29, 1.82) is 0 Å². The van der Waals surface area contributed by atoms with Gasteiger partial charge in [-0.2, -0.15) is 0 Å². The number of methoxy groups -OCH3 is 1. The summed E-state index contributed by atoms with van der Waals surface area (Å²) in [6, 6.07) is 4.11. The molecule has 4 fully saturated rings. The maximum absolute atomic E-state index is 14.1. The fourth-order valence-electron chi connectivity index (χ4n) is 8.17. The van der Waals surface area contributed by atoms with Crippen LogP contribution < -0.4 is 14.8 Å². The van der Waals surface area contributed by atoms with Gasteiger partial charge in [0.25, 0.3) is 0 Å². The van der Waals surface area contributed by atoms with Crippen molar-refractivity contribution in [2.24, 2.45) is 35.0 Å². The molecular formula is C34H44N4O6. The SMILES string of the molecule is COc1ccc2nc3c(nc2c1)O[C@H]1CN(C(=O)[C@H](C(C)(C)C)NC(=O)O[C@@H]2CC4CC4[C@H]2CCCC2CC32)[C@H](C=O)[C@@H]1C. The number of nitrogens with one attached hydrogen (secondary N) is 1. The van der Waals surface area contributed by atoms with Crippen molar-refractivity contribution in [3.8, 4) is 11.6 Å². The number of rotatable bonds is 2. The molecule has 0 spiro atoms. The van der Waals surface area contributed by atoms with Gasteiger partial charge in [0.05, 0.1) is 30.7 Å². The molecule has 1 N–H and O–H groups in total. The van der Waals surface area contributed by atoms with Crippen molar-refractivity contribution in [3.63, 3.8) is 0 Å². The van der Waals surface area contributed by atoms with Crippen LogP contribution in [0.15, 0.2) is 18.2 Å². The Morgan fingerprint density at radius 1 is 1.00 bits per heavy atom. The van der Waals surface area contributed by atoms with Gasteiger partial charge in [0.1, 0.15) is 36.0 Å². The van der Waals surface area contributed by atoms with Gasteiger partial charge in [-0.25, -0.2) is 14.8 Å². The van der Waals surface area contributed by atoms with E-state index in [4.69, 9.17) is 24.2 Å². The number of carbonyl (C=O) groups excluding carboxylic acids is 3. The number of benzene rings is 1. The number of aldehydes is 1. The van der Waals surface area contributed by atoms with E-state index in [9.17, 15) is 14.4 Å². The molecule has 3 saturated carbocycles. The molecule has 236 valence electrons. The molecule has 10 atom stereocenters. The third kappa shape index (κ3) is 5.28. The number of hydrogen-bond donors (Lipinski definition) is 1. The molecule has 2 amide bonds. The Labute approximate surface area is 258 Å². The third-order valence-corrected chi connectivity index (χ3v) is 11.0. The highest BCUT2D eigenvalue weighted by atomic mass is 16.6. The summed E-state index contributed by atoms with van der Waals surface area (Å²) in [6.07, 6.45) is 6.02. The Hall–Kier alpha value is -3.43. The summed E-state index contributed by atoms with van der Waals surface area (Å²) in [5.41, 5.74) is 1.71. The minimum atomic E-state index is -0.868. The van der Waals surface area contributed by atoms with Gasteiger partial charge in [-0.3, -0.25) is 4.79 Å². The fourth-order valence-corrected chi connectivity index (χ4v) is 8.17. The zero-order chi connectivity index (χ0) is 30.9. The van der Waals surface area contributed by atoms with Gasteiger partial charge in [0.15, 0.2) is 0 Å². The number of amides is 2. The number of aromatic nitrogens is 2. The van der Waals surface area contributed by atoms with Crippen molar-refractivity contribution in [2.75, 3.05) is 13.7 Å². The first-order valence-corrected chi connectivity index (χ1v) is 16.3. The average molecular weight is 605 g/mol. The number of hydrogen-bond acceptors (Lipinski definition) is 8. The average Bonchev–Trinajstić information content (AvgIpc) is 3.88. The molecule has 2 aromatic rings. The number of carbonyl (C=O) groups is 3. The van der Waals surface area contributed by atoms with E-state index in [1.807, 2.05) is 45.9 Å². The highest BCUT2D eigenvalue weighted by Crippen LogP contribution is 2.58. The maximum atomic E-state index is 14.1. The molecule has 10 heteroatoms. The van der Waals surface area contributed by atoms with Crippen molar-refractivity contribution < 1.29 is 28.6 Å². The Kier molecular flexibility index (Phi) is 7.24. The van der Waals surface area contributed by atoms with Crippen LogP contribution in [0.25, 0.3) is 11.0 Å². The molecule has 1 saturated heterocycles. The van der Waals surface area contributed by atoms with Crippen LogP contribution in [0.2, 0.25) is 0 Å². The normalized spacial score (nSPS) is 36.8. The van der Waals surface area contributed by atoms with Crippen LogP contribution in [0.1, 0.15) is 77.8 Å². The van der Waals surface area contributed by atoms with Crippen LogP contribution in [0.3, 0.4) is 0 Å². The maximum Gasteiger partial charge on any atom is 0.408 e. The molecule has 7 rings (SSSR count). The second kappa shape index (κ2) is 10.9. The van der Waals surface area contributed by atoms with Gasteiger partial charge in [-0.15, -0.1) is 0 Å². The monoisotopic (exact) mass is 604 g/mol. The van der Waals surface area contributed by atoms with E-state index in [1.54, 1.807) is 12.0 Å². The van der Waals surface area contributed by atoms with Crippen LogP contribution in [0.4, 0.5) is 4.79 Å². The largest absolute Gasteiger partial charge is 0.497 e. The number of ether oxygens (including phenoxy) is 3. The summed E-state index contributed by atoms with van der Waals surface area (Å²) >= 11 is 0. The van der Waals surface area contributed by atoms with E-state index in [1.165, 1.54) is 6.42 Å². The number of alkyl carbamates (subject to hydrolysis) is 1. The van der Waals surface area contributed by atoms with Crippen LogP contribution in [0, 0.1) is 35.0 Å². The molecule has 10 nitrogen and oxygen atoms in total. The predicted molar refractivity (Wildman–Crippen MR) is 162 cm³/mol. The highest BCUT2D eigenvalue weighted by molar-refractivity contribution is 5.89. The molecular weight excluding hydrogens is 560 g/mol. The van der Waals surface area contributed by atoms with Crippen molar-refractivity contribution >= 4 is 29.3 Å². The van der Waals surface area contributed by atoms with Gasteiger partial charge in [0.2, 0.25) is 11.8 Å². The van der Waals surface area contributed by atoms with E-state index in [-0.39, 0.29) is 30.4 Å². The third-order valence-electron chi connectivity index (χ3n) is 11.0. The number of nitrogens with zero attached hydrogens (tertiary/aromatic N) is 3. The van der Waals surface area contributed by atoms with Crippen molar-refractivity contribution in [2.45, 2.75) is 96.4 Å². The number of fused-ring (bicyclic) bond motifs is 9. The fraction of sp³-hybridized carbons (Fsp3) is 0.676. The molecule has 44 heavy (non-hydrogen) atoms. The van der Waals surface area contributed by atoms with E-state index in [0.29, 0.717) is 40.8 Å². The van der Waals surface area contributed by atoms with Gasteiger partial charge in [-0.1, -0.05) is 34.1 Å². The van der Waals surface area contributed by atoms with Gasteiger partial charge in [-0.05, 0) is 73.3 Å². The molecule has 1 aromatic heterocycles. The minimum absolute atomic E-state index is 0.120. The van der Waals surface area contributed by atoms with Crippen molar-refractivity contribution in [3.05, 3.63) is 23.9 Å². The Balaban J connectivity index is 1.25. The predicted octanol–water partition coefficient (Wildman–Crippen LogP) is 4.88. The van der Waals surface area contributed by atoms with Crippen molar-refractivity contribution in [1.82, 2.24) is 20.2 Å². The molecule has 1 aromatic carbocycles. The minimum Gasteiger partial charge on any atom is -0.497 e. The molecule has 2 aliphatic heterocycles. The smallest absolute Gasteiger partial charge is 0.408 e. The summed E-state index contributed by atoms with van der Waals surface area (Å²) in [5, 5.41) is 2.91. The molecule has 3 heterocycles. The Morgan fingerprint density at radius 3 is 2.57 bits per heavy atom. The zero-order valence-corrected chi connectivity index (χ0v) is 26.3. The first-order valence-electron chi connectivity index (χ1n) is 16.3. The van der Waals surface area contributed by atoms with E-state index < -0.39 is 29.7 Å². The molecule has 3 aliphatic carbocycles. The lowest BCUT2D eigenvalue weighted by Gasteiger charge is -2.35. The summed E-state index contributed by atoms with van der Waals surface area (Å²) in [7, 11) is 1.62. The summed E-state index contributed by atoms with van der Waals surface area (Å²) in [5.74, 6) is 2.94. The Bertz CT molecular complexity index is 1470. The van der Waals surface area contributed by atoms with Crippen LogP contribution in [-0.2, 0) is 14.3 Å². The topological polar surface area (TPSA) is 120 Å². The first-order chi connectivity index (χ1) is 21.0. The lowest BCUT2D eigenvalue weighted by molar-refractivity contribution is -0.139. The molecule has 4 unspecified atom stereocenters. The highest BCUT2D eigenvalue weighted by Gasteiger charge is 2.55. The summed E-state index contributed by atoms with van der Waals surface area (Å²) < 4.78 is 18.1. The molecule has 0 radical (unpaired) electrons. The van der Waals surface area contributed by atoms with Crippen LogP contribution in [-0.4, -0.2) is 71.1 Å². The Morgan fingerprint density at radius 2 is 1.82 bits per heavy atom. The van der Waals surface area contributed by atoms with E-state index >= 15 is 0 Å². The summed E-state index contributed by atoms with van der Waals surface area (Å²) in [6.45, 7) is 7.87.